The molecule has 0 atom stereocenters. The van der Waals surface area contributed by atoms with Gasteiger partial charge in [-0.3, -0.25) is 4.79 Å². The molecule has 0 bridgehead atoms. The molecule has 2 heterocycles. The smallest absolute Gasteiger partial charge is 0.227 e. The highest BCUT2D eigenvalue weighted by molar-refractivity contribution is 7.99. The first-order valence-electron chi connectivity index (χ1n) is 9.12. The highest BCUT2D eigenvalue weighted by atomic mass is 32.2. The van der Waals surface area contributed by atoms with Gasteiger partial charge in [-0.15, -0.1) is 5.10 Å². The Morgan fingerprint density at radius 2 is 2.04 bits per heavy atom. The first-order chi connectivity index (χ1) is 12.3. The molecule has 1 saturated carbocycles. The standard InChI is InChI=1S/C18H23N5OS/c24-17(22-12-10-14-6-4-5-9-16(14)22)11-13-25-18-19-20-21-23(18)15-7-2-1-3-8-15/h4-6,9,15H,1-3,7-8,10-13H2. The van der Waals surface area contributed by atoms with E-state index < -0.39 is 0 Å². The third-order valence-electron chi connectivity index (χ3n) is 5.12. The maximum atomic E-state index is 12.6. The summed E-state index contributed by atoms with van der Waals surface area (Å²) in [5.74, 6) is 0.902. The van der Waals surface area contributed by atoms with Crippen LogP contribution in [-0.4, -0.2) is 38.4 Å². The number of amides is 1. The minimum absolute atomic E-state index is 0.189. The van der Waals surface area contributed by atoms with Gasteiger partial charge in [-0.25, -0.2) is 4.68 Å². The summed E-state index contributed by atoms with van der Waals surface area (Å²) in [5.41, 5.74) is 2.34. The van der Waals surface area contributed by atoms with Gasteiger partial charge in [0, 0.05) is 24.4 Å². The fourth-order valence-electron chi connectivity index (χ4n) is 3.80. The van der Waals surface area contributed by atoms with Crippen molar-refractivity contribution in [1.29, 1.82) is 0 Å². The Labute approximate surface area is 152 Å². The summed E-state index contributed by atoms with van der Waals surface area (Å²) < 4.78 is 1.97. The number of aromatic nitrogens is 4. The van der Waals surface area contributed by atoms with Crippen LogP contribution in [0.2, 0.25) is 0 Å². The first kappa shape index (κ1) is 16.6. The van der Waals surface area contributed by atoms with Gasteiger partial charge in [0.15, 0.2) is 0 Å². The second kappa shape index (κ2) is 7.56. The average molecular weight is 357 g/mol. The molecule has 0 spiro atoms. The Balaban J connectivity index is 1.33. The Bertz CT molecular complexity index is 741. The van der Waals surface area contributed by atoms with Crippen molar-refractivity contribution in [3.05, 3.63) is 29.8 Å². The molecule has 7 heteroatoms. The van der Waals surface area contributed by atoms with Crippen molar-refractivity contribution in [3.63, 3.8) is 0 Å². The number of anilines is 1. The SMILES string of the molecule is O=C(CCSc1nnnn1C1CCCCC1)N1CCc2ccccc21. The number of fused-ring (bicyclic) bond motifs is 1. The van der Waals surface area contributed by atoms with E-state index in [4.69, 9.17) is 0 Å². The molecule has 1 fully saturated rings. The second-order valence-electron chi connectivity index (χ2n) is 6.72. The van der Waals surface area contributed by atoms with Crippen molar-refractivity contribution in [2.24, 2.45) is 0 Å². The lowest BCUT2D eigenvalue weighted by Crippen LogP contribution is -2.29. The fraction of sp³-hybridized carbons (Fsp3) is 0.556. The maximum Gasteiger partial charge on any atom is 0.227 e. The molecule has 1 aromatic carbocycles. The number of hydrogen-bond donors (Lipinski definition) is 0. The Morgan fingerprint density at radius 3 is 2.92 bits per heavy atom. The number of benzene rings is 1. The fourth-order valence-corrected chi connectivity index (χ4v) is 4.67. The Kier molecular flexibility index (Phi) is 5.01. The van der Waals surface area contributed by atoms with E-state index in [9.17, 15) is 4.79 Å². The number of thioether (sulfide) groups is 1. The van der Waals surface area contributed by atoms with Gasteiger partial charge >= 0.3 is 0 Å². The zero-order chi connectivity index (χ0) is 17.1. The number of tetrazole rings is 1. The van der Waals surface area contributed by atoms with Crippen LogP contribution in [0.15, 0.2) is 29.4 Å². The van der Waals surface area contributed by atoms with Crippen LogP contribution in [0.1, 0.15) is 50.1 Å². The van der Waals surface area contributed by atoms with Gasteiger partial charge < -0.3 is 4.90 Å². The molecular weight excluding hydrogens is 334 g/mol. The van der Waals surface area contributed by atoms with Crippen molar-refractivity contribution in [1.82, 2.24) is 20.2 Å². The third-order valence-corrected chi connectivity index (χ3v) is 6.05. The van der Waals surface area contributed by atoms with Crippen molar-refractivity contribution < 1.29 is 4.79 Å². The Morgan fingerprint density at radius 1 is 1.20 bits per heavy atom. The number of carbonyl (C=O) groups excluding carboxylic acids is 1. The summed E-state index contributed by atoms with van der Waals surface area (Å²) in [6, 6.07) is 8.60. The van der Waals surface area contributed by atoms with E-state index in [1.54, 1.807) is 11.8 Å². The number of nitrogens with zero attached hydrogens (tertiary/aromatic N) is 5. The van der Waals surface area contributed by atoms with E-state index in [0.717, 1.165) is 36.7 Å². The molecule has 0 radical (unpaired) electrons. The highest BCUT2D eigenvalue weighted by Crippen LogP contribution is 2.31. The van der Waals surface area contributed by atoms with E-state index in [1.165, 1.54) is 24.8 Å². The van der Waals surface area contributed by atoms with E-state index >= 15 is 0 Å². The van der Waals surface area contributed by atoms with Crippen LogP contribution in [0.5, 0.6) is 0 Å². The molecule has 1 amide bonds. The van der Waals surface area contributed by atoms with Gasteiger partial charge in [0.05, 0.1) is 6.04 Å². The van der Waals surface area contributed by atoms with Crippen LogP contribution in [0.3, 0.4) is 0 Å². The summed E-state index contributed by atoms with van der Waals surface area (Å²) in [7, 11) is 0. The van der Waals surface area contributed by atoms with Crippen LogP contribution in [0.25, 0.3) is 0 Å². The van der Waals surface area contributed by atoms with Gasteiger partial charge in [0.2, 0.25) is 11.1 Å². The van der Waals surface area contributed by atoms with Gasteiger partial charge in [0.1, 0.15) is 0 Å². The molecule has 0 N–H and O–H groups in total. The normalized spacial score (nSPS) is 17.7. The maximum absolute atomic E-state index is 12.6. The van der Waals surface area contributed by atoms with E-state index in [-0.39, 0.29) is 5.91 Å². The lowest BCUT2D eigenvalue weighted by atomic mass is 9.96. The van der Waals surface area contributed by atoms with Crippen LogP contribution < -0.4 is 4.90 Å². The van der Waals surface area contributed by atoms with Crippen LogP contribution in [0.4, 0.5) is 5.69 Å². The number of para-hydroxylation sites is 1. The molecule has 1 aliphatic carbocycles. The summed E-state index contributed by atoms with van der Waals surface area (Å²) in [4.78, 5) is 14.5. The molecule has 0 unspecified atom stereocenters. The summed E-state index contributed by atoms with van der Waals surface area (Å²) in [5, 5.41) is 13.0. The second-order valence-corrected chi connectivity index (χ2v) is 7.78. The van der Waals surface area contributed by atoms with Crippen molar-refractivity contribution in [2.75, 3.05) is 17.2 Å². The average Bonchev–Trinajstić information content (AvgIpc) is 3.29. The zero-order valence-electron chi connectivity index (χ0n) is 14.3. The lowest BCUT2D eigenvalue weighted by Gasteiger charge is -2.22. The van der Waals surface area contributed by atoms with Gasteiger partial charge in [-0.05, 0) is 41.3 Å². The monoisotopic (exact) mass is 357 g/mol. The minimum atomic E-state index is 0.189. The third kappa shape index (κ3) is 3.56. The first-order valence-corrected chi connectivity index (χ1v) is 10.1. The molecule has 2 aromatic rings. The summed E-state index contributed by atoms with van der Waals surface area (Å²) in [6.45, 7) is 0.794. The predicted octanol–water partition coefficient (Wildman–Crippen LogP) is 3.25. The number of hydrogen-bond acceptors (Lipinski definition) is 5. The predicted molar refractivity (Wildman–Crippen MR) is 97.8 cm³/mol. The Hall–Kier alpha value is -1.89. The van der Waals surface area contributed by atoms with Crippen molar-refractivity contribution in [2.45, 2.75) is 56.1 Å². The summed E-state index contributed by atoms with van der Waals surface area (Å²) in [6.07, 6.45) is 7.59. The van der Waals surface area contributed by atoms with Crippen molar-refractivity contribution >= 4 is 23.4 Å². The molecule has 2 aliphatic rings. The molecule has 6 nitrogen and oxygen atoms in total. The van der Waals surface area contributed by atoms with Gasteiger partial charge in [-0.1, -0.05) is 49.2 Å². The van der Waals surface area contributed by atoms with E-state index in [2.05, 4.69) is 21.6 Å². The lowest BCUT2D eigenvalue weighted by molar-refractivity contribution is -0.118. The molecule has 1 aliphatic heterocycles. The van der Waals surface area contributed by atoms with Gasteiger partial charge in [-0.2, -0.15) is 0 Å². The molecule has 1 aromatic heterocycles. The van der Waals surface area contributed by atoms with Crippen LogP contribution in [0, 0.1) is 0 Å². The summed E-state index contributed by atoms with van der Waals surface area (Å²) >= 11 is 1.60. The largest absolute Gasteiger partial charge is 0.312 e. The number of rotatable bonds is 5. The molecular formula is C18H23N5OS. The van der Waals surface area contributed by atoms with Gasteiger partial charge in [0.25, 0.3) is 0 Å². The minimum Gasteiger partial charge on any atom is -0.312 e. The van der Waals surface area contributed by atoms with Crippen LogP contribution in [-0.2, 0) is 11.2 Å². The highest BCUT2D eigenvalue weighted by Gasteiger charge is 2.24. The molecule has 4 rings (SSSR count). The van der Waals surface area contributed by atoms with Crippen LogP contribution >= 0.6 is 11.8 Å². The quantitative estimate of drug-likeness (QED) is 0.769. The topological polar surface area (TPSA) is 63.9 Å². The molecule has 132 valence electrons. The van der Waals surface area contributed by atoms with Crippen molar-refractivity contribution in [3.8, 4) is 0 Å². The zero-order valence-corrected chi connectivity index (χ0v) is 15.1. The number of carbonyl (C=O) groups is 1. The molecule has 0 saturated heterocycles. The van der Waals surface area contributed by atoms with E-state index in [0.29, 0.717) is 18.2 Å². The van der Waals surface area contributed by atoms with E-state index in [1.807, 2.05) is 27.8 Å². The molecule has 25 heavy (non-hydrogen) atoms.